The van der Waals surface area contributed by atoms with E-state index in [2.05, 4.69) is 26.2 Å². The fourth-order valence-corrected chi connectivity index (χ4v) is 1.84. The number of aryl methyl sites for hydroxylation is 1. The summed E-state index contributed by atoms with van der Waals surface area (Å²) in [6.07, 6.45) is 1.40. The lowest BCUT2D eigenvalue weighted by molar-refractivity contribution is 0.626. The molecule has 1 heterocycles. The molecule has 17 heavy (non-hydrogen) atoms. The number of anilines is 2. The highest BCUT2D eigenvalue weighted by atomic mass is 79.9. The molecular weight excluding hydrogens is 307 g/mol. The molecule has 1 aromatic carbocycles. The summed E-state index contributed by atoms with van der Waals surface area (Å²) in [6.45, 7) is 1.98. The molecule has 2 nitrogen and oxygen atoms in total. The Morgan fingerprint density at radius 2 is 2.12 bits per heavy atom. The first-order valence-corrected chi connectivity index (χ1v) is 6.07. The standard InChI is InChI=1S/C12H9BrClFN2/c1-7-2-3-9(5-10(7)13)17-12-11(15)4-8(14)6-16-12/h2-6H,1H3,(H,16,17). The van der Waals surface area contributed by atoms with Crippen LogP contribution in [0.25, 0.3) is 0 Å². The third-order valence-electron chi connectivity index (χ3n) is 2.24. The van der Waals surface area contributed by atoms with Crippen molar-refractivity contribution in [2.24, 2.45) is 0 Å². The van der Waals surface area contributed by atoms with E-state index < -0.39 is 5.82 Å². The Hall–Kier alpha value is -1.13. The van der Waals surface area contributed by atoms with E-state index in [1.165, 1.54) is 12.3 Å². The monoisotopic (exact) mass is 314 g/mol. The third kappa shape index (κ3) is 2.96. The van der Waals surface area contributed by atoms with E-state index >= 15 is 0 Å². The zero-order chi connectivity index (χ0) is 12.4. The number of hydrogen-bond donors (Lipinski definition) is 1. The van der Waals surface area contributed by atoms with Gasteiger partial charge >= 0.3 is 0 Å². The van der Waals surface area contributed by atoms with Crippen molar-refractivity contribution in [1.29, 1.82) is 0 Å². The summed E-state index contributed by atoms with van der Waals surface area (Å²) in [6, 6.07) is 6.88. The van der Waals surface area contributed by atoms with Crippen molar-refractivity contribution in [1.82, 2.24) is 4.98 Å². The van der Waals surface area contributed by atoms with Crippen LogP contribution in [0.1, 0.15) is 5.56 Å². The second-order valence-electron chi connectivity index (χ2n) is 3.57. The number of halogens is 3. The van der Waals surface area contributed by atoms with E-state index in [1.54, 1.807) is 0 Å². The van der Waals surface area contributed by atoms with Gasteiger partial charge in [0.05, 0.1) is 5.02 Å². The van der Waals surface area contributed by atoms with Crippen LogP contribution in [0, 0.1) is 12.7 Å². The maximum Gasteiger partial charge on any atom is 0.167 e. The van der Waals surface area contributed by atoms with E-state index in [0.717, 1.165) is 15.7 Å². The van der Waals surface area contributed by atoms with Crippen LogP contribution in [0.4, 0.5) is 15.9 Å². The van der Waals surface area contributed by atoms with Gasteiger partial charge in [-0.1, -0.05) is 33.6 Å². The molecule has 0 saturated heterocycles. The van der Waals surface area contributed by atoms with Gasteiger partial charge in [-0.05, 0) is 30.7 Å². The number of nitrogens with zero attached hydrogens (tertiary/aromatic N) is 1. The summed E-state index contributed by atoms with van der Waals surface area (Å²) < 4.78 is 14.5. The first kappa shape index (κ1) is 12.3. The van der Waals surface area contributed by atoms with E-state index in [1.807, 2.05) is 25.1 Å². The minimum absolute atomic E-state index is 0.158. The fraction of sp³-hybridized carbons (Fsp3) is 0.0833. The largest absolute Gasteiger partial charge is 0.338 e. The molecule has 2 aromatic rings. The SMILES string of the molecule is Cc1ccc(Nc2ncc(Cl)cc2F)cc1Br. The van der Waals surface area contributed by atoms with Gasteiger partial charge in [0.1, 0.15) is 0 Å². The summed E-state index contributed by atoms with van der Waals surface area (Å²) in [5, 5.41) is 3.17. The molecule has 0 saturated carbocycles. The van der Waals surface area contributed by atoms with Crippen LogP contribution < -0.4 is 5.32 Å². The van der Waals surface area contributed by atoms with Gasteiger partial charge < -0.3 is 5.32 Å². The number of nitrogens with one attached hydrogen (secondary N) is 1. The van der Waals surface area contributed by atoms with Gasteiger partial charge in [-0.25, -0.2) is 9.37 Å². The molecule has 0 spiro atoms. The van der Waals surface area contributed by atoms with Crippen LogP contribution in [-0.2, 0) is 0 Å². The summed E-state index contributed by atoms with van der Waals surface area (Å²) in [5.41, 5.74) is 1.87. The lowest BCUT2D eigenvalue weighted by Crippen LogP contribution is -1.97. The maximum absolute atomic E-state index is 13.5. The van der Waals surface area contributed by atoms with Gasteiger partial charge in [-0.3, -0.25) is 0 Å². The molecule has 2 rings (SSSR count). The van der Waals surface area contributed by atoms with Crippen LogP contribution >= 0.6 is 27.5 Å². The van der Waals surface area contributed by atoms with Crippen molar-refractivity contribution in [2.45, 2.75) is 6.92 Å². The van der Waals surface area contributed by atoms with Crippen LogP contribution in [0.3, 0.4) is 0 Å². The van der Waals surface area contributed by atoms with Crippen LogP contribution in [0.2, 0.25) is 5.02 Å². The molecule has 0 aliphatic heterocycles. The van der Waals surface area contributed by atoms with Crippen molar-refractivity contribution in [3.63, 3.8) is 0 Å². The summed E-state index contributed by atoms with van der Waals surface area (Å²) in [4.78, 5) is 3.89. The highest BCUT2D eigenvalue weighted by molar-refractivity contribution is 9.10. The van der Waals surface area contributed by atoms with E-state index in [0.29, 0.717) is 0 Å². The summed E-state index contributed by atoms with van der Waals surface area (Å²) >= 11 is 9.04. The van der Waals surface area contributed by atoms with Crippen LogP contribution in [-0.4, -0.2) is 4.98 Å². The quantitative estimate of drug-likeness (QED) is 0.869. The molecule has 1 aromatic heterocycles. The molecule has 5 heteroatoms. The first-order chi connectivity index (χ1) is 8.06. The van der Waals surface area contributed by atoms with Crippen LogP contribution in [0.15, 0.2) is 34.9 Å². The second kappa shape index (κ2) is 5.02. The highest BCUT2D eigenvalue weighted by Gasteiger charge is 2.05. The fourth-order valence-electron chi connectivity index (χ4n) is 1.31. The number of hydrogen-bond acceptors (Lipinski definition) is 2. The van der Waals surface area contributed by atoms with Gasteiger partial charge in [0.25, 0.3) is 0 Å². The van der Waals surface area contributed by atoms with Gasteiger partial charge in [-0.2, -0.15) is 0 Å². The second-order valence-corrected chi connectivity index (χ2v) is 4.86. The Bertz CT molecular complexity index is 560. The zero-order valence-corrected chi connectivity index (χ0v) is 11.3. The van der Waals surface area contributed by atoms with Gasteiger partial charge in [-0.15, -0.1) is 0 Å². The smallest absolute Gasteiger partial charge is 0.167 e. The molecular formula is C12H9BrClFN2. The lowest BCUT2D eigenvalue weighted by atomic mass is 10.2. The molecule has 0 bridgehead atoms. The van der Waals surface area contributed by atoms with E-state index in [9.17, 15) is 4.39 Å². The topological polar surface area (TPSA) is 24.9 Å². The van der Waals surface area contributed by atoms with Crippen LogP contribution in [0.5, 0.6) is 0 Å². The average molecular weight is 316 g/mol. The Balaban J connectivity index is 2.28. The molecule has 0 aliphatic rings. The van der Waals surface area contributed by atoms with Crippen molar-refractivity contribution in [3.05, 3.63) is 51.3 Å². The normalized spacial score (nSPS) is 10.4. The Morgan fingerprint density at radius 3 is 2.76 bits per heavy atom. The Morgan fingerprint density at radius 1 is 1.35 bits per heavy atom. The molecule has 88 valence electrons. The molecule has 0 fully saturated rings. The zero-order valence-electron chi connectivity index (χ0n) is 8.97. The van der Waals surface area contributed by atoms with E-state index in [4.69, 9.17) is 11.6 Å². The highest BCUT2D eigenvalue weighted by Crippen LogP contribution is 2.24. The number of benzene rings is 1. The molecule has 0 unspecified atom stereocenters. The summed E-state index contributed by atoms with van der Waals surface area (Å²) in [5.74, 6) is -0.320. The molecule has 1 N–H and O–H groups in total. The molecule has 0 atom stereocenters. The minimum atomic E-state index is -0.478. The average Bonchev–Trinajstić information content (AvgIpc) is 2.27. The van der Waals surface area contributed by atoms with Crippen molar-refractivity contribution in [3.8, 4) is 0 Å². The predicted octanol–water partition coefficient (Wildman–Crippen LogP) is 4.69. The van der Waals surface area contributed by atoms with Crippen molar-refractivity contribution < 1.29 is 4.39 Å². The molecule has 0 aliphatic carbocycles. The van der Waals surface area contributed by atoms with E-state index in [-0.39, 0.29) is 10.8 Å². The molecule has 0 radical (unpaired) electrons. The predicted molar refractivity (Wildman–Crippen MR) is 71.4 cm³/mol. The lowest BCUT2D eigenvalue weighted by Gasteiger charge is -2.08. The Labute approximate surface area is 112 Å². The molecule has 0 amide bonds. The number of pyridine rings is 1. The maximum atomic E-state index is 13.5. The van der Waals surface area contributed by atoms with Gasteiger partial charge in [0.2, 0.25) is 0 Å². The van der Waals surface area contributed by atoms with Crippen molar-refractivity contribution >= 4 is 39.0 Å². The third-order valence-corrected chi connectivity index (χ3v) is 3.30. The van der Waals surface area contributed by atoms with Crippen molar-refractivity contribution in [2.75, 3.05) is 5.32 Å². The minimum Gasteiger partial charge on any atom is -0.338 e. The Kier molecular flexibility index (Phi) is 3.64. The van der Waals surface area contributed by atoms with Gasteiger partial charge in [0, 0.05) is 16.4 Å². The number of aromatic nitrogens is 1. The first-order valence-electron chi connectivity index (χ1n) is 4.90. The van der Waals surface area contributed by atoms with Gasteiger partial charge in [0.15, 0.2) is 11.6 Å². The summed E-state index contributed by atoms with van der Waals surface area (Å²) in [7, 11) is 0. The number of rotatable bonds is 2.